The molecule has 1 aromatic heterocycles. The molecule has 1 atom stereocenters. The summed E-state index contributed by atoms with van der Waals surface area (Å²) < 4.78 is 49.6. The maximum absolute atomic E-state index is 13.3. The summed E-state index contributed by atoms with van der Waals surface area (Å²) in [5.41, 5.74) is 0.425. The lowest BCUT2D eigenvalue weighted by atomic mass is 10.0. The Bertz CT molecular complexity index is 876. The number of ether oxygens (including phenoxy) is 2. The zero-order chi connectivity index (χ0) is 20.6. The molecule has 0 N–H and O–H groups in total. The number of aromatic nitrogens is 1. The molecule has 2 aliphatic rings. The van der Waals surface area contributed by atoms with Gasteiger partial charge in [-0.1, -0.05) is 12.1 Å². The van der Waals surface area contributed by atoms with Crippen LogP contribution in [0.1, 0.15) is 40.2 Å². The third kappa shape index (κ3) is 4.17. The number of rotatable bonds is 3. The van der Waals surface area contributed by atoms with Crippen molar-refractivity contribution in [3.63, 3.8) is 0 Å². The number of thiazole rings is 1. The third-order valence-corrected chi connectivity index (χ3v) is 6.42. The van der Waals surface area contributed by atoms with E-state index in [1.165, 1.54) is 23.5 Å². The molecule has 2 aliphatic heterocycles. The second-order valence-corrected chi connectivity index (χ2v) is 8.18. The quantitative estimate of drug-likeness (QED) is 0.725. The van der Waals surface area contributed by atoms with Crippen LogP contribution < -0.4 is 0 Å². The van der Waals surface area contributed by atoms with Crippen molar-refractivity contribution in [3.8, 4) is 10.6 Å². The highest BCUT2D eigenvalue weighted by Gasteiger charge is 2.37. The normalized spacial score (nSPS) is 21.0. The summed E-state index contributed by atoms with van der Waals surface area (Å²) in [7, 11) is 0. The van der Waals surface area contributed by atoms with E-state index in [1.54, 1.807) is 11.8 Å². The molecule has 29 heavy (non-hydrogen) atoms. The highest BCUT2D eigenvalue weighted by atomic mass is 32.1. The summed E-state index contributed by atoms with van der Waals surface area (Å²) in [6.45, 7) is 3.43. The molecule has 1 unspecified atom stereocenters. The summed E-state index contributed by atoms with van der Waals surface area (Å²) in [6, 6.07) is 4.71. The molecule has 2 aromatic rings. The topological polar surface area (TPSA) is 51.7 Å². The average molecular weight is 426 g/mol. The van der Waals surface area contributed by atoms with Gasteiger partial charge in [-0.3, -0.25) is 4.79 Å². The monoisotopic (exact) mass is 426 g/mol. The number of alkyl halides is 3. The lowest BCUT2D eigenvalue weighted by molar-refractivity contribution is -0.137. The maximum atomic E-state index is 13.3. The van der Waals surface area contributed by atoms with Crippen LogP contribution in [0.4, 0.5) is 13.2 Å². The number of nitrogens with zero attached hydrogens (tertiary/aromatic N) is 2. The van der Waals surface area contributed by atoms with Crippen molar-refractivity contribution < 1.29 is 27.4 Å². The summed E-state index contributed by atoms with van der Waals surface area (Å²) in [5.74, 6) is -0.123. The van der Waals surface area contributed by atoms with E-state index in [4.69, 9.17) is 9.47 Å². The van der Waals surface area contributed by atoms with Crippen LogP contribution in [0.15, 0.2) is 24.3 Å². The van der Waals surface area contributed by atoms with Gasteiger partial charge < -0.3 is 14.4 Å². The van der Waals surface area contributed by atoms with E-state index in [0.29, 0.717) is 40.9 Å². The number of benzene rings is 1. The van der Waals surface area contributed by atoms with E-state index >= 15 is 0 Å². The van der Waals surface area contributed by atoms with Crippen LogP contribution in [0.25, 0.3) is 10.6 Å². The molecule has 156 valence electrons. The molecule has 0 radical (unpaired) electrons. The van der Waals surface area contributed by atoms with Crippen molar-refractivity contribution in [2.24, 2.45) is 0 Å². The minimum Gasteiger partial charge on any atom is -0.348 e. The standard InChI is InChI=1S/C20H21F3N2O3S/c1-12-16(18(26)25-9-3-2-4-15(25)19-27-10-11-28-19)29-17(24-12)13-5-7-14(8-6-13)20(21,22)23/h5-8,15,19H,2-4,9-11H2,1H3. The zero-order valence-corrected chi connectivity index (χ0v) is 16.7. The SMILES string of the molecule is Cc1nc(-c2ccc(C(F)(F)F)cc2)sc1C(=O)N1CCCCC1C1OCCO1. The van der Waals surface area contributed by atoms with Gasteiger partial charge in [0.15, 0.2) is 6.29 Å². The van der Waals surface area contributed by atoms with E-state index in [2.05, 4.69) is 4.98 Å². The predicted molar refractivity (Wildman–Crippen MR) is 102 cm³/mol. The van der Waals surface area contributed by atoms with Gasteiger partial charge in [0.25, 0.3) is 5.91 Å². The lowest BCUT2D eigenvalue weighted by Gasteiger charge is -2.37. The molecule has 0 aliphatic carbocycles. The van der Waals surface area contributed by atoms with Gasteiger partial charge in [-0.15, -0.1) is 11.3 Å². The van der Waals surface area contributed by atoms with Crippen molar-refractivity contribution in [2.75, 3.05) is 19.8 Å². The van der Waals surface area contributed by atoms with Gasteiger partial charge in [0.2, 0.25) is 0 Å². The number of aryl methyl sites for hydroxylation is 1. The Hall–Kier alpha value is -1.97. The first kappa shape index (κ1) is 20.3. The number of likely N-dealkylation sites (tertiary alicyclic amines) is 1. The van der Waals surface area contributed by atoms with Crippen LogP contribution in [-0.2, 0) is 15.7 Å². The molecule has 0 saturated carbocycles. The number of carbonyl (C=O) groups excluding carboxylic acids is 1. The highest BCUT2D eigenvalue weighted by molar-refractivity contribution is 7.17. The Labute approximate surface area is 170 Å². The van der Waals surface area contributed by atoms with E-state index in [0.717, 1.165) is 31.4 Å². The minimum atomic E-state index is -4.38. The van der Waals surface area contributed by atoms with Crippen LogP contribution in [0.2, 0.25) is 0 Å². The molecular weight excluding hydrogens is 405 g/mol. The summed E-state index contributed by atoms with van der Waals surface area (Å²) >= 11 is 1.21. The van der Waals surface area contributed by atoms with Gasteiger partial charge >= 0.3 is 6.18 Å². The average Bonchev–Trinajstić information content (AvgIpc) is 3.37. The van der Waals surface area contributed by atoms with Gasteiger partial charge in [0.05, 0.1) is 30.5 Å². The Kier molecular flexibility index (Phi) is 5.63. The highest BCUT2D eigenvalue weighted by Crippen LogP contribution is 2.34. The van der Waals surface area contributed by atoms with Crippen molar-refractivity contribution in [3.05, 3.63) is 40.4 Å². The van der Waals surface area contributed by atoms with Crippen molar-refractivity contribution in [1.82, 2.24) is 9.88 Å². The van der Waals surface area contributed by atoms with E-state index in [-0.39, 0.29) is 11.9 Å². The molecular formula is C20H21F3N2O3S. The van der Waals surface area contributed by atoms with Crippen LogP contribution in [0, 0.1) is 6.92 Å². The van der Waals surface area contributed by atoms with Gasteiger partial charge in [-0.25, -0.2) is 4.98 Å². The predicted octanol–water partition coefficient (Wildman–Crippen LogP) is 4.50. The summed E-state index contributed by atoms with van der Waals surface area (Å²) in [4.78, 5) is 20.0. The van der Waals surface area contributed by atoms with Crippen molar-refractivity contribution in [2.45, 2.75) is 44.7 Å². The summed E-state index contributed by atoms with van der Waals surface area (Å²) in [6.07, 6.45) is -2.04. The molecule has 0 spiro atoms. The smallest absolute Gasteiger partial charge is 0.348 e. The number of carbonyl (C=O) groups is 1. The largest absolute Gasteiger partial charge is 0.416 e. The first-order chi connectivity index (χ1) is 13.8. The summed E-state index contributed by atoms with van der Waals surface area (Å²) in [5, 5.41) is 0.529. The number of piperidine rings is 1. The molecule has 0 bridgehead atoms. The number of hydrogen-bond acceptors (Lipinski definition) is 5. The first-order valence-electron chi connectivity index (χ1n) is 9.54. The van der Waals surface area contributed by atoms with Gasteiger partial charge in [0.1, 0.15) is 9.88 Å². The van der Waals surface area contributed by atoms with Gasteiger partial charge in [-0.05, 0) is 38.3 Å². The van der Waals surface area contributed by atoms with E-state index in [1.807, 2.05) is 0 Å². The van der Waals surface area contributed by atoms with E-state index < -0.39 is 18.0 Å². The van der Waals surface area contributed by atoms with Gasteiger partial charge in [-0.2, -0.15) is 13.2 Å². The maximum Gasteiger partial charge on any atom is 0.416 e. The number of hydrogen-bond donors (Lipinski definition) is 0. The Morgan fingerprint density at radius 3 is 2.52 bits per heavy atom. The lowest BCUT2D eigenvalue weighted by Crippen LogP contribution is -2.50. The Morgan fingerprint density at radius 2 is 1.86 bits per heavy atom. The molecule has 2 fully saturated rings. The fraction of sp³-hybridized carbons (Fsp3) is 0.500. The Balaban J connectivity index is 1.57. The molecule has 1 amide bonds. The van der Waals surface area contributed by atoms with Crippen molar-refractivity contribution >= 4 is 17.2 Å². The second-order valence-electron chi connectivity index (χ2n) is 7.18. The van der Waals surface area contributed by atoms with Crippen LogP contribution in [-0.4, -0.2) is 47.9 Å². The molecule has 9 heteroatoms. The zero-order valence-electron chi connectivity index (χ0n) is 15.9. The van der Waals surface area contributed by atoms with Crippen LogP contribution >= 0.6 is 11.3 Å². The molecule has 2 saturated heterocycles. The van der Waals surface area contributed by atoms with Crippen LogP contribution in [0.3, 0.4) is 0 Å². The molecule has 5 nitrogen and oxygen atoms in total. The van der Waals surface area contributed by atoms with Crippen molar-refractivity contribution in [1.29, 1.82) is 0 Å². The Morgan fingerprint density at radius 1 is 1.17 bits per heavy atom. The molecule has 4 rings (SSSR count). The number of halogens is 3. The molecule has 3 heterocycles. The second kappa shape index (κ2) is 8.04. The fourth-order valence-corrected chi connectivity index (χ4v) is 4.77. The van der Waals surface area contributed by atoms with Crippen LogP contribution in [0.5, 0.6) is 0 Å². The van der Waals surface area contributed by atoms with Gasteiger partial charge in [0, 0.05) is 12.1 Å². The third-order valence-electron chi connectivity index (χ3n) is 5.22. The molecule has 1 aromatic carbocycles. The van der Waals surface area contributed by atoms with E-state index in [9.17, 15) is 18.0 Å². The first-order valence-corrected chi connectivity index (χ1v) is 10.4. The number of amides is 1. The fourth-order valence-electron chi connectivity index (χ4n) is 3.74. The minimum absolute atomic E-state index is 0.123.